The molecule has 0 aliphatic heterocycles. The van der Waals surface area contributed by atoms with Gasteiger partial charge in [-0.1, -0.05) is 48.0 Å². The second-order valence-electron chi connectivity index (χ2n) is 4.98. The molecule has 0 radical (unpaired) electrons. The van der Waals surface area contributed by atoms with Gasteiger partial charge >= 0.3 is 0 Å². The summed E-state index contributed by atoms with van der Waals surface area (Å²) in [5, 5.41) is 2.72. The zero-order chi connectivity index (χ0) is 14.4. The Morgan fingerprint density at radius 3 is 2.19 bits per heavy atom. The van der Waals surface area contributed by atoms with Gasteiger partial charge in [-0.3, -0.25) is 4.79 Å². The number of carbonyl (C=O) groups excluding carboxylic acids is 1. The van der Waals surface area contributed by atoms with E-state index >= 15 is 0 Å². The normalized spacial score (nSPS) is 15.1. The maximum atomic E-state index is 12.6. The number of benzene rings is 3. The molecule has 0 amide bonds. The second kappa shape index (κ2) is 4.54. The average molecular weight is 292 g/mol. The van der Waals surface area contributed by atoms with Crippen LogP contribution in [0, 0.1) is 0 Å². The number of hydrogen-bond donors (Lipinski definition) is 0. The van der Waals surface area contributed by atoms with E-state index in [4.69, 9.17) is 11.6 Å². The Labute approximate surface area is 126 Å². The standard InChI is InChI=1S/C18H10ClNO/c19-12-7-9-13(10-8-12)20-17-14-5-1-3-11-4-2-6-15(16(11)14)18(17)21/h1-10H. The molecule has 0 fully saturated rings. The van der Waals surface area contributed by atoms with Crippen molar-refractivity contribution < 1.29 is 4.79 Å². The van der Waals surface area contributed by atoms with E-state index in [0.717, 1.165) is 27.6 Å². The van der Waals surface area contributed by atoms with Crippen molar-refractivity contribution in [3.8, 4) is 0 Å². The van der Waals surface area contributed by atoms with Crippen molar-refractivity contribution in [1.82, 2.24) is 0 Å². The van der Waals surface area contributed by atoms with E-state index in [1.807, 2.05) is 48.5 Å². The molecule has 0 spiro atoms. The highest BCUT2D eigenvalue weighted by molar-refractivity contribution is 6.59. The lowest BCUT2D eigenvalue weighted by molar-refractivity contribution is 0.107. The van der Waals surface area contributed by atoms with E-state index < -0.39 is 0 Å². The predicted octanol–water partition coefficient (Wildman–Crippen LogP) is 4.81. The van der Waals surface area contributed by atoms with Crippen LogP contribution in [-0.2, 0) is 0 Å². The van der Waals surface area contributed by atoms with E-state index in [9.17, 15) is 4.79 Å². The van der Waals surface area contributed by atoms with Gasteiger partial charge in [0.25, 0.3) is 0 Å². The maximum absolute atomic E-state index is 12.6. The van der Waals surface area contributed by atoms with Gasteiger partial charge in [0.15, 0.2) is 0 Å². The zero-order valence-corrected chi connectivity index (χ0v) is 11.8. The number of aliphatic imine (C=N–C) groups is 1. The third-order valence-corrected chi connectivity index (χ3v) is 3.94. The van der Waals surface area contributed by atoms with Gasteiger partial charge < -0.3 is 0 Å². The van der Waals surface area contributed by atoms with Crippen LogP contribution in [-0.4, -0.2) is 11.5 Å². The first-order valence-corrected chi connectivity index (χ1v) is 7.03. The number of hydrogen-bond acceptors (Lipinski definition) is 2. The monoisotopic (exact) mass is 291 g/mol. The Morgan fingerprint density at radius 2 is 1.48 bits per heavy atom. The molecule has 0 heterocycles. The molecule has 0 aromatic heterocycles. The molecule has 3 aromatic carbocycles. The van der Waals surface area contributed by atoms with Gasteiger partial charge in [0.05, 0.1) is 5.69 Å². The molecule has 1 aliphatic rings. The number of rotatable bonds is 1. The summed E-state index contributed by atoms with van der Waals surface area (Å²) in [6.07, 6.45) is 0. The number of halogens is 1. The predicted molar refractivity (Wildman–Crippen MR) is 85.9 cm³/mol. The first-order valence-electron chi connectivity index (χ1n) is 6.65. The highest BCUT2D eigenvalue weighted by Gasteiger charge is 2.28. The van der Waals surface area contributed by atoms with Gasteiger partial charge in [-0.05, 0) is 29.7 Å². The van der Waals surface area contributed by atoms with E-state index in [0.29, 0.717) is 10.7 Å². The maximum Gasteiger partial charge on any atom is 0.212 e. The molecule has 0 unspecified atom stereocenters. The topological polar surface area (TPSA) is 29.4 Å². The van der Waals surface area contributed by atoms with Crippen molar-refractivity contribution in [2.45, 2.75) is 0 Å². The van der Waals surface area contributed by atoms with Gasteiger partial charge in [0.2, 0.25) is 5.78 Å². The Bertz CT molecular complexity index is 905. The Kier molecular flexibility index (Phi) is 2.66. The number of nitrogens with zero attached hydrogens (tertiary/aromatic N) is 1. The van der Waals surface area contributed by atoms with Gasteiger partial charge in [0.1, 0.15) is 5.71 Å². The van der Waals surface area contributed by atoms with Crippen molar-refractivity contribution in [3.63, 3.8) is 0 Å². The molecule has 3 aromatic rings. The second-order valence-corrected chi connectivity index (χ2v) is 5.41. The molecule has 0 atom stereocenters. The number of Topliss-reactive ketones (excluding diaryl/α,β-unsaturated/α-hetero) is 1. The fourth-order valence-corrected chi connectivity index (χ4v) is 2.86. The van der Waals surface area contributed by atoms with Crippen LogP contribution in [0.4, 0.5) is 5.69 Å². The molecule has 1 aliphatic carbocycles. The third kappa shape index (κ3) is 1.88. The summed E-state index contributed by atoms with van der Waals surface area (Å²) in [6, 6.07) is 18.9. The summed E-state index contributed by atoms with van der Waals surface area (Å²) in [6.45, 7) is 0. The van der Waals surface area contributed by atoms with Crippen LogP contribution in [0.3, 0.4) is 0 Å². The molecule has 2 nitrogen and oxygen atoms in total. The van der Waals surface area contributed by atoms with Crippen LogP contribution in [0.2, 0.25) is 5.02 Å². The van der Waals surface area contributed by atoms with Crippen LogP contribution in [0.1, 0.15) is 15.9 Å². The van der Waals surface area contributed by atoms with Crippen molar-refractivity contribution >= 4 is 39.6 Å². The van der Waals surface area contributed by atoms with Crippen LogP contribution in [0.25, 0.3) is 10.8 Å². The summed E-state index contributed by atoms with van der Waals surface area (Å²) in [5.41, 5.74) is 2.87. The molecule has 21 heavy (non-hydrogen) atoms. The van der Waals surface area contributed by atoms with Crippen LogP contribution in [0.5, 0.6) is 0 Å². The summed E-state index contributed by atoms with van der Waals surface area (Å²) in [5.74, 6) is -0.0169. The average Bonchev–Trinajstić information content (AvgIpc) is 2.78. The van der Waals surface area contributed by atoms with Crippen LogP contribution < -0.4 is 0 Å². The van der Waals surface area contributed by atoms with Gasteiger partial charge in [0, 0.05) is 21.5 Å². The first kappa shape index (κ1) is 12.3. The molecule has 3 heteroatoms. The first-order chi connectivity index (χ1) is 10.2. The highest BCUT2D eigenvalue weighted by Crippen LogP contribution is 2.32. The molecular weight excluding hydrogens is 282 g/mol. The molecule has 0 saturated heterocycles. The highest BCUT2D eigenvalue weighted by atomic mass is 35.5. The number of ketones is 1. The molecule has 4 rings (SSSR count). The molecule has 0 saturated carbocycles. The van der Waals surface area contributed by atoms with Crippen molar-refractivity contribution in [2.24, 2.45) is 4.99 Å². The lowest BCUT2D eigenvalue weighted by atomic mass is 10.1. The Balaban J connectivity index is 1.95. The molecule has 100 valence electrons. The minimum atomic E-state index is -0.0169. The summed E-state index contributed by atoms with van der Waals surface area (Å²) in [4.78, 5) is 17.1. The minimum absolute atomic E-state index is 0.0169. The minimum Gasteiger partial charge on any atom is -0.287 e. The molecule has 0 bridgehead atoms. The van der Waals surface area contributed by atoms with Gasteiger partial charge in [-0.25, -0.2) is 4.99 Å². The zero-order valence-electron chi connectivity index (χ0n) is 11.0. The summed E-state index contributed by atoms with van der Waals surface area (Å²) in [7, 11) is 0. The van der Waals surface area contributed by atoms with Crippen LogP contribution in [0.15, 0.2) is 65.7 Å². The largest absolute Gasteiger partial charge is 0.287 e. The van der Waals surface area contributed by atoms with Gasteiger partial charge in [-0.2, -0.15) is 0 Å². The van der Waals surface area contributed by atoms with Gasteiger partial charge in [-0.15, -0.1) is 0 Å². The Morgan fingerprint density at radius 1 is 0.810 bits per heavy atom. The molecule has 0 N–H and O–H groups in total. The lowest BCUT2D eigenvalue weighted by Gasteiger charge is -2.00. The number of carbonyl (C=O) groups is 1. The van der Waals surface area contributed by atoms with E-state index in [1.165, 1.54) is 0 Å². The van der Waals surface area contributed by atoms with Crippen molar-refractivity contribution in [1.29, 1.82) is 0 Å². The fraction of sp³-hybridized carbons (Fsp3) is 0. The summed E-state index contributed by atoms with van der Waals surface area (Å²) < 4.78 is 0. The fourth-order valence-electron chi connectivity index (χ4n) is 2.73. The van der Waals surface area contributed by atoms with Crippen LogP contribution >= 0.6 is 11.6 Å². The lowest BCUT2D eigenvalue weighted by Crippen LogP contribution is -2.08. The third-order valence-electron chi connectivity index (χ3n) is 3.69. The van der Waals surface area contributed by atoms with Crippen molar-refractivity contribution in [2.75, 3.05) is 0 Å². The van der Waals surface area contributed by atoms with Crippen molar-refractivity contribution in [3.05, 3.63) is 76.8 Å². The Hall–Kier alpha value is -2.45. The van der Waals surface area contributed by atoms with E-state index in [1.54, 1.807) is 12.1 Å². The molecular formula is C18H10ClNO. The quantitative estimate of drug-likeness (QED) is 0.632. The van der Waals surface area contributed by atoms with E-state index in [2.05, 4.69) is 4.99 Å². The summed E-state index contributed by atoms with van der Waals surface area (Å²) >= 11 is 5.88. The SMILES string of the molecule is O=C1C(=Nc2ccc(Cl)cc2)c2cccc3cccc1c23. The van der Waals surface area contributed by atoms with E-state index in [-0.39, 0.29) is 5.78 Å². The smallest absolute Gasteiger partial charge is 0.212 e.